The predicted octanol–water partition coefficient (Wildman–Crippen LogP) is 3.88. The van der Waals surface area contributed by atoms with Crippen LogP contribution >= 0.6 is 0 Å². The van der Waals surface area contributed by atoms with Crippen LogP contribution in [-0.4, -0.2) is 35.3 Å². The molecular weight excluding hydrogens is 422 g/mol. The number of nitrogens with two attached hydrogens (primary N) is 1. The van der Waals surface area contributed by atoms with E-state index in [1.165, 1.54) is 38.7 Å². The Morgan fingerprint density at radius 1 is 0.938 bits per heavy atom. The quantitative estimate of drug-likeness (QED) is 0.487. The molecule has 0 bridgehead atoms. The number of fused-ring (bicyclic) bond motifs is 1. The summed E-state index contributed by atoms with van der Waals surface area (Å²) in [5, 5.41) is 7.68. The molecule has 0 atom stereocenters. The molecule has 162 valence electrons. The molecule has 0 saturated heterocycles. The second kappa shape index (κ2) is 8.42. The van der Waals surface area contributed by atoms with Gasteiger partial charge in [0, 0.05) is 23.2 Å². The summed E-state index contributed by atoms with van der Waals surface area (Å²) in [6, 6.07) is 8.13. The summed E-state index contributed by atoms with van der Waals surface area (Å²) in [4.78, 5) is 15.8. The van der Waals surface area contributed by atoms with E-state index in [1.54, 1.807) is 12.1 Å². The molecule has 1 amide bonds. The molecule has 0 fully saturated rings. The van der Waals surface area contributed by atoms with E-state index >= 15 is 0 Å². The van der Waals surface area contributed by atoms with Crippen molar-refractivity contribution in [1.82, 2.24) is 15.2 Å². The van der Waals surface area contributed by atoms with E-state index in [0.29, 0.717) is 22.4 Å². The van der Waals surface area contributed by atoms with Crippen LogP contribution in [0.5, 0.6) is 23.0 Å². The van der Waals surface area contributed by atoms with Gasteiger partial charge >= 0.3 is 0 Å². The lowest BCUT2D eigenvalue weighted by Crippen LogP contribution is -2.15. The van der Waals surface area contributed by atoms with Gasteiger partial charge in [-0.1, -0.05) is 0 Å². The van der Waals surface area contributed by atoms with Crippen molar-refractivity contribution in [1.29, 1.82) is 0 Å². The number of benzene rings is 2. The highest BCUT2D eigenvalue weighted by molar-refractivity contribution is 5.97. The number of halogens is 2. The number of aromatic nitrogens is 3. The molecule has 4 rings (SSSR count). The van der Waals surface area contributed by atoms with Gasteiger partial charge in [0.1, 0.15) is 5.75 Å². The summed E-state index contributed by atoms with van der Waals surface area (Å²) < 4.78 is 45.9. The summed E-state index contributed by atoms with van der Waals surface area (Å²) in [5.74, 6) is -2.47. The fourth-order valence-electron chi connectivity index (χ4n) is 3.21. The smallest absolute Gasteiger partial charge is 0.269 e. The largest absolute Gasteiger partial charge is 0.493 e. The molecule has 8 nitrogen and oxygen atoms in total. The monoisotopic (exact) mass is 438 g/mol. The number of primary amides is 1. The molecule has 10 heteroatoms. The molecule has 0 saturated carbocycles. The third-order valence-electron chi connectivity index (χ3n) is 4.68. The first kappa shape index (κ1) is 20.9. The van der Waals surface area contributed by atoms with Crippen molar-refractivity contribution in [2.45, 2.75) is 0 Å². The summed E-state index contributed by atoms with van der Waals surface area (Å²) in [5.41, 5.74) is 5.75. The molecule has 0 aliphatic heterocycles. The zero-order chi connectivity index (χ0) is 22.8. The predicted molar refractivity (Wildman–Crippen MR) is 111 cm³/mol. The van der Waals surface area contributed by atoms with Crippen molar-refractivity contribution in [3.05, 3.63) is 66.1 Å². The van der Waals surface area contributed by atoms with E-state index in [4.69, 9.17) is 19.9 Å². The highest BCUT2D eigenvalue weighted by atomic mass is 19.1. The summed E-state index contributed by atoms with van der Waals surface area (Å²) in [6.45, 7) is 0. The van der Waals surface area contributed by atoms with Crippen LogP contribution in [0.15, 0.2) is 48.8 Å². The molecule has 4 aromatic rings. The molecule has 0 radical (unpaired) electrons. The van der Waals surface area contributed by atoms with Gasteiger partial charge in [-0.15, -0.1) is 5.10 Å². The maximum absolute atomic E-state index is 14.9. The van der Waals surface area contributed by atoms with Crippen molar-refractivity contribution in [2.24, 2.45) is 5.73 Å². The van der Waals surface area contributed by atoms with Crippen molar-refractivity contribution in [3.8, 4) is 34.1 Å². The highest BCUT2D eigenvalue weighted by Gasteiger charge is 2.20. The average molecular weight is 438 g/mol. The van der Waals surface area contributed by atoms with Crippen molar-refractivity contribution in [3.63, 3.8) is 0 Å². The molecule has 2 heterocycles. The first-order chi connectivity index (χ1) is 15.4. The number of amides is 1. The van der Waals surface area contributed by atoms with E-state index in [-0.39, 0.29) is 22.6 Å². The number of hydrogen-bond acceptors (Lipinski definition) is 7. The van der Waals surface area contributed by atoms with Crippen LogP contribution < -0.4 is 19.9 Å². The zero-order valence-electron chi connectivity index (χ0n) is 16.9. The van der Waals surface area contributed by atoms with Crippen LogP contribution in [0.1, 0.15) is 10.5 Å². The number of ether oxygens (including phenoxy) is 3. The standard InChI is InChI=1S/C22H16F2N4O4/c1-30-18-9-13-16(10-19(18)31-2)26-5-4-17(13)32-21-14(23)7-11(8-15(21)24)12-3-6-27-28-20(12)22(25)29/h3-10H,1-2H3,(H2,25,29). The average Bonchev–Trinajstić information content (AvgIpc) is 2.80. The van der Waals surface area contributed by atoms with E-state index < -0.39 is 23.3 Å². The normalized spacial score (nSPS) is 10.8. The maximum Gasteiger partial charge on any atom is 0.269 e. The third kappa shape index (κ3) is 3.73. The van der Waals surface area contributed by atoms with Gasteiger partial charge in [0.15, 0.2) is 34.6 Å². The minimum absolute atomic E-state index is 0.0574. The molecule has 0 unspecified atom stereocenters. The first-order valence-electron chi connectivity index (χ1n) is 9.22. The Labute approximate surface area is 180 Å². The number of pyridine rings is 1. The molecule has 32 heavy (non-hydrogen) atoms. The molecule has 2 aromatic heterocycles. The third-order valence-corrected chi connectivity index (χ3v) is 4.68. The molecule has 0 spiro atoms. The zero-order valence-corrected chi connectivity index (χ0v) is 16.9. The molecular formula is C22H16F2N4O4. The number of carbonyl (C=O) groups excluding carboxylic acids is 1. The summed E-state index contributed by atoms with van der Waals surface area (Å²) in [6.07, 6.45) is 2.72. The second-order valence-corrected chi connectivity index (χ2v) is 6.56. The van der Waals surface area contributed by atoms with Crippen LogP contribution in [0.4, 0.5) is 8.78 Å². The van der Waals surface area contributed by atoms with Gasteiger partial charge in [-0.05, 0) is 35.9 Å². The molecule has 0 aliphatic rings. The fourth-order valence-corrected chi connectivity index (χ4v) is 3.21. The van der Waals surface area contributed by atoms with E-state index in [9.17, 15) is 13.6 Å². The first-order valence-corrected chi connectivity index (χ1v) is 9.22. The van der Waals surface area contributed by atoms with Crippen LogP contribution in [0.25, 0.3) is 22.0 Å². The Hall–Kier alpha value is -4.34. The lowest BCUT2D eigenvalue weighted by molar-refractivity contribution is 0.0995. The van der Waals surface area contributed by atoms with Gasteiger partial charge in [0.25, 0.3) is 5.91 Å². The number of hydrogen-bond donors (Lipinski definition) is 1. The van der Waals surface area contributed by atoms with Gasteiger partial charge in [0.2, 0.25) is 0 Å². The molecule has 2 aromatic carbocycles. The second-order valence-electron chi connectivity index (χ2n) is 6.56. The van der Waals surface area contributed by atoms with E-state index in [1.807, 2.05) is 0 Å². The Bertz CT molecular complexity index is 1320. The Balaban J connectivity index is 1.78. The van der Waals surface area contributed by atoms with Crippen LogP contribution in [-0.2, 0) is 0 Å². The Morgan fingerprint density at radius 3 is 2.28 bits per heavy atom. The minimum atomic E-state index is -0.988. The van der Waals surface area contributed by atoms with E-state index in [0.717, 1.165) is 12.1 Å². The van der Waals surface area contributed by atoms with Crippen molar-refractivity contribution < 1.29 is 27.8 Å². The van der Waals surface area contributed by atoms with Gasteiger partial charge in [-0.2, -0.15) is 5.10 Å². The van der Waals surface area contributed by atoms with Crippen LogP contribution in [0.3, 0.4) is 0 Å². The Morgan fingerprint density at radius 2 is 1.62 bits per heavy atom. The maximum atomic E-state index is 14.9. The van der Waals surface area contributed by atoms with Crippen LogP contribution in [0.2, 0.25) is 0 Å². The number of carbonyl (C=O) groups is 1. The molecule has 0 aliphatic carbocycles. The van der Waals surface area contributed by atoms with Crippen molar-refractivity contribution in [2.75, 3.05) is 14.2 Å². The Kier molecular flexibility index (Phi) is 5.50. The van der Waals surface area contributed by atoms with Gasteiger partial charge in [-0.3, -0.25) is 9.78 Å². The lowest BCUT2D eigenvalue weighted by atomic mass is 10.0. The number of nitrogens with zero attached hydrogens (tertiary/aromatic N) is 3. The van der Waals surface area contributed by atoms with Gasteiger partial charge in [-0.25, -0.2) is 8.78 Å². The number of rotatable bonds is 6. The fraction of sp³-hybridized carbons (Fsp3) is 0.0909. The summed E-state index contributed by atoms with van der Waals surface area (Å²) >= 11 is 0. The lowest BCUT2D eigenvalue weighted by Gasteiger charge is -2.14. The SMILES string of the molecule is COc1cc2nccc(Oc3c(F)cc(-c4ccnnc4C(N)=O)cc3F)c2cc1OC. The molecule has 2 N–H and O–H groups in total. The van der Waals surface area contributed by atoms with Gasteiger partial charge < -0.3 is 19.9 Å². The highest BCUT2D eigenvalue weighted by Crippen LogP contribution is 2.39. The van der Waals surface area contributed by atoms with Gasteiger partial charge in [0.05, 0.1) is 25.9 Å². The van der Waals surface area contributed by atoms with E-state index in [2.05, 4.69) is 15.2 Å². The van der Waals surface area contributed by atoms with Crippen LogP contribution in [0, 0.1) is 11.6 Å². The number of methoxy groups -OCH3 is 2. The summed E-state index contributed by atoms with van der Waals surface area (Å²) in [7, 11) is 2.95. The van der Waals surface area contributed by atoms with Crippen molar-refractivity contribution >= 4 is 16.8 Å². The minimum Gasteiger partial charge on any atom is -0.493 e. The topological polar surface area (TPSA) is 109 Å².